The van der Waals surface area contributed by atoms with Crippen LogP contribution in [0.2, 0.25) is 0 Å². The first-order chi connectivity index (χ1) is 9.50. The zero-order chi connectivity index (χ0) is 14.8. The van der Waals surface area contributed by atoms with E-state index in [9.17, 15) is 12.8 Å². The zero-order valence-electron chi connectivity index (χ0n) is 11.4. The molecule has 0 bridgehead atoms. The number of nitrogens with two attached hydrogens (primary N) is 1. The zero-order valence-corrected chi connectivity index (χ0v) is 12.2. The summed E-state index contributed by atoms with van der Waals surface area (Å²) in [6.45, 7) is 0.704. The fraction of sp³-hybridized carbons (Fsp3) is 0.538. The van der Waals surface area contributed by atoms with Crippen molar-refractivity contribution in [3.05, 3.63) is 24.0 Å². The van der Waals surface area contributed by atoms with E-state index in [1.165, 1.54) is 23.5 Å². The average Bonchev–Trinajstić information content (AvgIpc) is 2.47. The van der Waals surface area contributed by atoms with Crippen molar-refractivity contribution in [2.75, 3.05) is 20.2 Å². The van der Waals surface area contributed by atoms with Crippen molar-refractivity contribution in [1.29, 1.82) is 0 Å². The Morgan fingerprint density at radius 1 is 1.45 bits per heavy atom. The summed E-state index contributed by atoms with van der Waals surface area (Å²) < 4.78 is 45.0. The third-order valence-corrected chi connectivity index (χ3v) is 5.52. The number of ether oxygens (including phenoxy) is 1. The van der Waals surface area contributed by atoms with Gasteiger partial charge in [-0.3, -0.25) is 0 Å². The van der Waals surface area contributed by atoms with E-state index in [4.69, 9.17) is 10.5 Å². The lowest BCUT2D eigenvalue weighted by Gasteiger charge is -2.33. The van der Waals surface area contributed by atoms with Crippen LogP contribution >= 0.6 is 0 Å². The smallest absolute Gasteiger partial charge is 0.243 e. The third-order valence-electron chi connectivity index (χ3n) is 3.58. The van der Waals surface area contributed by atoms with Gasteiger partial charge < -0.3 is 10.5 Å². The number of hydrogen-bond acceptors (Lipinski definition) is 4. The number of sulfonamides is 1. The molecule has 2 rings (SSSR count). The fourth-order valence-electron chi connectivity index (χ4n) is 2.47. The third kappa shape index (κ3) is 2.79. The Kier molecular flexibility index (Phi) is 4.62. The topological polar surface area (TPSA) is 72.6 Å². The van der Waals surface area contributed by atoms with Crippen LogP contribution in [-0.2, 0) is 10.0 Å². The molecule has 1 fully saturated rings. The second-order valence-corrected chi connectivity index (χ2v) is 6.69. The van der Waals surface area contributed by atoms with Gasteiger partial charge in [-0.15, -0.1) is 0 Å². The first-order valence-corrected chi connectivity index (χ1v) is 8.00. The number of benzene rings is 1. The summed E-state index contributed by atoms with van der Waals surface area (Å²) in [7, 11) is -2.38. The highest BCUT2D eigenvalue weighted by molar-refractivity contribution is 7.89. The average molecular weight is 302 g/mol. The largest absolute Gasteiger partial charge is 0.494 e. The molecule has 1 unspecified atom stereocenters. The van der Waals surface area contributed by atoms with Gasteiger partial charge in [-0.1, -0.05) is 6.42 Å². The Balaban J connectivity index is 2.36. The van der Waals surface area contributed by atoms with Crippen molar-refractivity contribution in [2.24, 2.45) is 5.73 Å². The van der Waals surface area contributed by atoms with E-state index in [0.29, 0.717) is 6.54 Å². The van der Waals surface area contributed by atoms with Crippen molar-refractivity contribution in [1.82, 2.24) is 4.31 Å². The summed E-state index contributed by atoms with van der Waals surface area (Å²) >= 11 is 0. The van der Waals surface area contributed by atoms with E-state index in [1.807, 2.05) is 0 Å². The molecule has 7 heteroatoms. The van der Waals surface area contributed by atoms with Gasteiger partial charge in [0.2, 0.25) is 10.0 Å². The fourth-order valence-corrected chi connectivity index (χ4v) is 4.19. The van der Waals surface area contributed by atoms with Gasteiger partial charge in [0.05, 0.1) is 12.0 Å². The second kappa shape index (κ2) is 6.07. The van der Waals surface area contributed by atoms with Crippen LogP contribution in [0, 0.1) is 5.82 Å². The van der Waals surface area contributed by atoms with E-state index >= 15 is 0 Å². The Hall–Kier alpha value is -1.18. The quantitative estimate of drug-likeness (QED) is 0.911. The molecular formula is C13H19FN2O3S. The summed E-state index contributed by atoms with van der Waals surface area (Å²) in [5.74, 6) is -0.659. The predicted molar refractivity (Wildman–Crippen MR) is 73.5 cm³/mol. The van der Waals surface area contributed by atoms with Crippen LogP contribution in [-0.4, -0.2) is 39.0 Å². The van der Waals surface area contributed by atoms with Gasteiger partial charge in [0.1, 0.15) is 0 Å². The highest BCUT2D eigenvalue weighted by Gasteiger charge is 2.33. The maximum absolute atomic E-state index is 13.7. The first-order valence-electron chi connectivity index (χ1n) is 6.56. The predicted octanol–water partition coefficient (Wildman–Crippen LogP) is 1.34. The van der Waals surface area contributed by atoms with Crippen molar-refractivity contribution in [3.8, 4) is 5.75 Å². The number of nitrogens with zero attached hydrogens (tertiary/aromatic N) is 1. The SMILES string of the molecule is COc1ccc(S(=O)(=O)N2CCCCC2CN)cc1F. The second-order valence-electron chi connectivity index (χ2n) is 4.80. The van der Waals surface area contributed by atoms with E-state index in [0.717, 1.165) is 25.3 Å². The van der Waals surface area contributed by atoms with Gasteiger partial charge in [0, 0.05) is 19.1 Å². The number of methoxy groups -OCH3 is 1. The maximum atomic E-state index is 13.7. The lowest BCUT2D eigenvalue weighted by molar-refractivity contribution is 0.257. The summed E-state index contributed by atoms with van der Waals surface area (Å²) in [6, 6.07) is 3.47. The number of hydrogen-bond donors (Lipinski definition) is 1. The van der Waals surface area contributed by atoms with Crippen LogP contribution in [0.25, 0.3) is 0 Å². The molecule has 2 N–H and O–H groups in total. The van der Waals surface area contributed by atoms with Gasteiger partial charge in [0.15, 0.2) is 11.6 Å². The van der Waals surface area contributed by atoms with Crippen molar-refractivity contribution in [3.63, 3.8) is 0 Å². The van der Waals surface area contributed by atoms with E-state index in [-0.39, 0.29) is 23.2 Å². The molecule has 1 atom stereocenters. The normalized spacial score (nSPS) is 20.9. The van der Waals surface area contributed by atoms with Crippen LogP contribution in [0.15, 0.2) is 23.1 Å². The highest BCUT2D eigenvalue weighted by Crippen LogP contribution is 2.27. The first kappa shape index (κ1) is 15.2. The van der Waals surface area contributed by atoms with Gasteiger partial charge in [-0.05, 0) is 31.0 Å². The van der Waals surface area contributed by atoms with Crippen molar-refractivity contribution in [2.45, 2.75) is 30.2 Å². The van der Waals surface area contributed by atoms with Gasteiger partial charge in [0.25, 0.3) is 0 Å². The van der Waals surface area contributed by atoms with E-state index in [2.05, 4.69) is 0 Å². The molecule has 1 aromatic rings. The Labute approximate surface area is 118 Å². The molecule has 0 amide bonds. The molecule has 0 aromatic heterocycles. The molecule has 0 aliphatic carbocycles. The van der Waals surface area contributed by atoms with E-state index < -0.39 is 15.8 Å². The number of piperidine rings is 1. The van der Waals surface area contributed by atoms with Gasteiger partial charge in [-0.2, -0.15) is 4.31 Å². The molecule has 1 aliphatic heterocycles. The summed E-state index contributed by atoms with van der Waals surface area (Å²) in [6.07, 6.45) is 2.51. The maximum Gasteiger partial charge on any atom is 0.243 e. The molecule has 0 saturated carbocycles. The minimum absolute atomic E-state index is 0.0259. The van der Waals surface area contributed by atoms with Crippen LogP contribution in [0.5, 0.6) is 5.75 Å². The Morgan fingerprint density at radius 3 is 2.80 bits per heavy atom. The molecule has 0 spiro atoms. The standard InChI is InChI=1S/C13H19FN2O3S/c1-19-13-6-5-11(8-12(13)14)20(17,18)16-7-3-2-4-10(16)9-15/h5-6,8,10H,2-4,7,9,15H2,1H3. The lowest BCUT2D eigenvalue weighted by Crippen LogP contribution is -2.47. The Morgan fingerprint density at radius 2 is 2.20 bits per heavy atom. The molecule has 1 aromatic carbocycles. The van der Waals surface area contributed by atoms with Crippen LogP contribution in [0.1, 0.15) is 19.3 Å². The molecule has 112 valence electrons. The van der Waals surface area contributed by atoms with E-state index in [1.54, 1.807) is 0 Å². The lowest BCUT2D eigenvalue weighted by atomic mass is 10.1. The summed E-state index contributed by atoms with van der Waals surface area (Å²) in [4.78, 5) is -0.0591. The van der Waals surface area contributed by atoms with Gasteiger partial charge >= 0.3 is 0 Å². The molecule has 5 nitrogen and oxygen atoms in total. The van der Waals surface area contributed by atoms with Crippen molar-refractivity contribution < 1.29 is 17.5 Å². The molecule has 20 heavy (non-hydrogen) atoms. The number of halogens is 1. The van der Waals surface area contributed by atoms with Crippen LogP contribution < -0.4 is 10.5 Å². The van der Waals surface area contributed by atoms with Gasteiger partial charge in [-0.25, -0.2) is 12.8 Å². The van der Waals surface area contributed by atoms with Crippen molar-refractivity contribution >= 4 is 10.0 Å². The molecule has 1 aliphatic rings. The molecule has 1 heterocycles. The summed E-state index contributed by atoms with van der Waals surface area (Å²) in [5, 5.41) is 0. The minimum Gasteiger partial charge on any atom is -0.494 e. The van der Waals surface area contributed by atoms with Crippen LogP contribution in [0.3, 0.4) is 0 Å². The monoisotopic (exact) mass is 302 g/mol. The minimum atomic E-state index is -3.71. The highest BCUT2D eigenvalue weighted by atomic mass is 32.2. The molecular weight excluding hydrogens is 283 g/mol. The van der Waals surface area contributed by atoms with Crippen LogP contribution in [0.4, 0.5) is 4.39 Å². The molecule has 0 radical (unpaired) electrons. The molecule has 1 saturated heterocycles. The Bertz CT molecular complexity index is 577. The number of rotatable bonds is 4. The summed E-state index contributed by atoms with van der Waals surface area (Å²) in [5.41, 5.74) is 5.64.